The van der Waals surface area contributed by atoms with Crippen LogP contribution in [0.4, 0.5) is 0 Å². The summed E-state index contributed by atoms with van der Waals surface area (Å²) < 4.78 is 0. The van der Waals surface area contributed by atoms with Gasteiger partial charge in [-0.3, -0.25) is 0 Å². The molecule has 0 heterocycles. The molecule has 0 aliphatic rings. The highest BCUT2D eigenvalue weighted by atomic mass is 31.1. The maximum atomic E-state index is 2.33. The molecule has 0 atom stereocenters. The molecule has 3 aromatic carbocycles. The first kappa shape index (κ1) is 16.0. The van der Waals surface area contributed by atoms with Crippen LogP contribution in [0.5, 0.6) is 0 Å². The van der Waals surface area contributed by atoms with E-state index >= 15 is 0 Å². The summed E-state index contributed by atoms with van der Waals surface area (Å²) in [5.41, 5.74) is 1.51. The largest absolute Gasteiger partial charge is 0.0654 e. The van der Waals surface area contributed by atoms with Crippen LogP contribution in [-0.4, -0.2) is 0 Å². The van der Waals surface area contributed by atoms with Crippen LogP contribution >= 0.6 is 7.92 Å². The third-order valence-electron chi connectivity index (χ3n) is 4.06. The lowest BCUT2D eigenvalue weighted by molar-refractivity contribution is 0.798. The fourth-order valence-electron chi connectivity index (χ4n) is 2.89. The lowest BCUT2D eigenvalue weighted by Crippen LogP contribution is -2.23. The molecule has 0 aromatic heterocycles. The zero-order valence-electron chi connectivity index (χ0n) is 13.7. The van der Waals surface area contributed by atoms with Gasteiger partial charge < -0.3 is 0 Å². The molecule has 0 saturated heterocycles. The quantitative estimate of drug-likeness (QED) is 0.573. The van der Waals surface area contributed by atoms with Gasteiger partial charge in [-0.2, -0.15) is 0 Å². The summed E-state index contributed by atoms with van der Waals surface area (Å²) in [6, 6.07) is 30.9. The fraction of sp³-hybridized carbons (Fsp3) is 0.182. The van der Waals surface area contributed by atoms with Crippen LogP contribution < -0.4 is 15.9 Å². The van der Waals surface area contributed by atoms with Gasteiger partial charge in [-0.1, -0.05) is 98.3 Å². The van der Waals surface area contributed by atoms with Crippen LogP contribution in [0.15, 0.2) is 84.9 Å². The normalized spacial score (nSPS) is 10.9. The Morgan fingerprint density at radius 1 is 0.652 bits per heavy atom. The predicted octanol–water partition coefficient (Wildman–Crippen LogP) is 4.79. The van der Waals surface area contributed by atoms with Crippen molar-refractivity contribution >= 4 is 23.8 Å². The zero-order valence-corrected chi connectivity index (χ0v) is 14.5. The average Bonchev–Trinajstić information content (AvgIpc) is 2.63. The van der Waals surface area contributed by atoms with Gasteiger partial charge in [-0.25, -0.2) is 0 Å². The molecule has 0 saturated carbocycles. The molecule has 0 unspecified atom stereocenters. The summed E-state index contributed by atoms with van der Waals surface area (Å²) in [4.78, 5) is 0. The average molecular weight is 318 g/mol. The first-order chi connectivity index (χ1) is 11.4. The Morgan fingerprint density at radius 2 is 1.17 bits per heavy atom. The van der Waals surface area contributed by atoms with Crippen LogP contribution in [0, 0.1) is 0 Å². The Bertz CT molecular complexity index is 680. The first-order valence-corrected chi connectivity index (χ1v) is 9.72. The Labute approximate surface area is 141 Å². The van der Waals surface area contributed by atoms with Gasteiger partial charge in [-0.05, 0) is 42.2 Å². The molecule has 1 heteroatoms. The van der Waals surface area contributed by atoms with E-state index < -0.39 is 7.92 Å². The van der Waals surface area contributed by atoms with E-state index in [2.05, 4.69) is 91.9 Å². The fourth-order valence-corrected chi connectivity index (χ4v) is 5.39. The van der Waals surface area contributed by atoms with Crippen LogP contribution in [0.1, 0.15) is 25.3 Å². The van der Waals surface area contributed by atoms with Crippen LogP contribution in [0.2, 0.25) is 0 Å². The minimum absolute atomic E-state index is 0.483. The molecule has 0 nitrogen and oxygen atoms in total. The second-order valence-electron chi connectivity index (χ2n) is 5.74. The number of rotatable bonds is 6. The summed E-state index contributed by atoms with van der Waals surface area (Å²) in [5.74, 6) is 0. The molecule has 0 spiro atoms. The number of aryl methyl sites for hydroxylation is 1. The molecular weight excluding hydrogens is 295 g/mol. The lowest BCUT2D eigenvalue weighted by atomic mass is 10.1. The maximum absolute atomic E-state index is 2.33. The van der Waals surface area contributed by atoms with Crippen molar-refractivity contribution in [1.29, 1.82) is 0 Å². The monoisotopic (exact) mass is 318 g/mol. The van der Waals surface area contributed by atoms with E-state index in [9.17, 15) is 0 Å². The van der Waals surface area contributed by atoms with Gasteiger partial charge in [0.2, 0.25) is 0 Å². The summed E-state index contributed by atoms with van der Waals surface area (Å²) >= 11 is 0. The maximum Gasteiger partial charge on any atom is -0.0119 e. The Hall–Kier alpha value is -1.91. The van der Waals surface area contributed by atoms with E-state index in [1.54, 1.807) is 0 Å². The van der Waals surface area contributed by atoms with Gasteiger partial charge in [0.1, 0.15) is 0 Å². The Balaban J connectivity index is 2.10. The van der Waals surface area contributed by atoms with Gasteiger partial charge in [0.05, 0.1) is 0 Å². The Kier molecular flexibility index (Phi) is 5.61. The highest BCUT2D eigenvalue weighted by Crippen LogP contribution is 2.34. The summed E-state index contributed by atoms with van der Waals surface area (Å²) in [6.45, 7) is 2.26. The minimum Gasteiger partial charge on any atom is -0.0654 e. The molecule has 23 heavy (non-hydrogen) atoms. The molecule has 0 N–H and O–H groups in total. The number of hydrogen-bond acceptors (Lipinski definition) is 0. The van der Waals surface area contributed by atoms with E-state index in [0.717, 1.165) is 0 Å². The van der Waals surface area contributed by atoms with Crippen LogP contribution in [0.25, 0.3) is 0 Å². The third-order valence-corrected chi connectivity index (χ3v) is 6.61. The van der Waals surface area contributed by atoms with E-state index in [0.29, 0.717) is 0 Å². The second kappa shape index (κ2) is 8.09. The number of benzene rings is 3. The number of hydrogen-bond donors (Lipinski definition) is 0. The van der Waals surface area contributed by atoms with Crippen LogP contribution in [-0.2, 0) is 6.42 Å². The van der Waals surface area contributed by atoms with Crippen molar-refractivity contribution in [3.63, 3.8) is 0 Å². The first-order valence-electron chi connectivity index (χ1n) is 8.38. The third kappa shape index (κ3) is 3.89. The van der Waals surface area contributed by atoms with Crippen LogP contribution in [0.3, 0.4) is 0 Å². The van der Waals surface area contributed by atoms with E-state index in [1.165, 1.54) is 40.7 Å². The lowest BCUT2D eigenvalue weighted by Gasteiger charge is -2.22. The molecule has 3 rings (SSSR count). The Morgan fingerprint density at radius 3 is 1.74 bits per heavy atom. The SMILES string of the molecule is CCCCc1ccccc1P(c1ccccc1)c1ccccc1. The van der Waals surface area contributed by atoms with Crippen molar-refractivity contribution in [3.05, 3.63) is 90.5 Å². The highest BCUT2D eigenvalue weighted by molar-refractivity contribution is 7.79. The van der Waals surface area contributed by atoms with E-state index in [4.69, 9.17) is 0 Å². The van der Waals surface area contributed by atoms with Gasteiger partial charge >= 0.3 is 0 Å². The van der Waals surface area contributed by atoms with Gasteiger partial charge in [0.15, 0.2) is 0 Å². The number of unbranched alkanes of at least 4 members (excludes halogenated alkanes) is 1. The molecule has 0 aliphatic heterocycles. The van der Waals surface area contributed by atoms with E-state index in [1.807, 2.05) is 0 Å². The molecule has 0 amide bonds. The van der Waals surface area contributed by atoms with Crippen molar-refractivity contribution in [3.8, 4) is 0 Å². The van der Waals surface area contributed by atoms with Crippen molar-refractivity contribution < 1.29 is 0 Å². The predicted molar refractivity (Wildman–Crippen MR) is 104 cm³/mol. The van der Waals surface area contributed by atoms with Crippen molar-refractivity contribution in [2.45, 2.75) is 26.2 Å². The van der Waals surface area contributed by atoms with Gasteiger partial charge in [-0.15, -0.1) is 0 Å². The molecule has 3 aromatic rings. The molecule has 116 valence electrons. The van der Waals surface area contributed by atoms with Gasteiger partial charge in [0.25, 0.3) is 0 Å². The molecule has 0 fully saturated rings. The van der Waals surface area contributed by atoms with Crippen molar-refractivity contribution in [1.82, 2.24) is 0 Å². The minimum atomic E-state index is -0.483. The molecular formula is C22H23P. The zero-order chi connectivity index (χ0) is 15.9. The van der Waals surface area contributed by atoms with Crippen molar-refractivity contribution in [2.75, 3.05) is 0 Å². The summed E-state index contributed by atoms with van der Waals surface area (Å²) in [7, 11) is -0.483. The smallest absolute Gasteiger partial charge is 0.0119 e. The standard InChI is InChI=1S/C22H23P/c1-2-3-12-19-13-10-11-18-22(19)23(20-14-6-4-7-15-20)21-16-8-5-9-17-21/h4-11,13-18H,2-3,12H2,1H3. The molecule has 0 radical (unpaired) electrons. The van der Waals surface area contributed by atoms with Crippen molar-refractivity contribution in [2.24, 2.45) is 0 Å². The second-order valence-corrected chi connectivity index (χ2v) is 7.92. The summed E-state index contributed by atoms with van der Waals surface area (Å²) in [6.07, 6.45) is 3.66. The summed E-state index contributed by atoms with van der Waals surface area (Å²) in [5, 5.41) is 4.36. The molecule has 0 aliphatic carbocycles. The molecule has 0 bridgehead atoms. The van der Waals surface area contributed by atoms with Gasteiger partial charge in [0, 0.05) is 0 Å². The topological polar surface area (TPSA) is 0 Å². The highest BCUT2D eigenvalue weighted by Gasteiger charge is 2.18. The van der Waals surface area contributed by atoms with E-state index in [-0.39, 0.29) is 0 Å².